The van der Waals surface area contributed by atoms with Crippen LogP contribution in [0.1, 0.15) is 25.6 Å². The summed E-state index contributed by atoms with van der Waals surface area (Å²) in [4.78, 5) is 16.1. The second-order valence-corrected chi connectivity index (χ2v) is 7.30. The highest BCUT2D eigenvalue weighted by Crippen LogP contribution is 2.19. The number of nitrogens with zero attached hydrogens (tertiary/aromatic N) is 3. The van der Waals surface area contributed by atoms with Gasteiger partial charge in [-0.2, -0.15) is 4.98 Å². The Labute approximate surface area is 137 Å². The van der Waals surface area contributed by atoms with Crippen molar-refractivity contribution in [2.75, 3.05) is 0 Å². The van der Waals surface area contributed by atoms with Crippen molar-refractivity contribution in [2.45, 2.75) is 38.3 Å². The molecule has 0 aliphatic rings. The van der Waals surface area contributed by atoms with Gasteiger partial charge in [0.1, 0.15) is 0 Å². The predicted molar refractivity (Wildman–Crippen MR) is 84.1 cm³/mol. The van der Waals surface area contributed by atoms with Gasteiger partial charge in [0.2, 0.25) is 15.9 Å². The van der Waals surface area contributed by atoms with Crippen LogP contribution in [0.2, 0.25) is 0 Å². The van der Waals surface area contributed by atoms with Crippen LogP contribution < -0.4 is 10.5 Å². The minimum absolute atomic E-state index is 0.0278. The fraction of sp³-hybridized carbons (Fsp3) is 0.357. The van der Waals surface area contributed by atoms with Gasteiger partial charge < -0.3 is 8.94 Å². The van der Waals surface area contributed by atoms with E-state index in [1.165, 1.54) is 22.8 Å². The summed E-state index contributed by atoms with van der Waals surface area (Å²) in [6.45, 7) is 5.16. The monoisotopic (exact) mass is 352 g/mol. The Morgan fingerprint density at radius 1 is 1.33 bits per heavy atom. The van der Waals surface area contributed by atoms with Crippen LogP contribution in [0.4, 0.5) is 0 Å². The third kappa shape index (κ3) is 3.10. The van der Waals surface area contributed by atoms with Gasteiger partial charge in [-0.1, -0.05) is 5.16 Å². The van der Waals surface area contributed by atoms with Crippen molar-refractivity contribution in [2.24, 2.45) is 0 Å². The van der Waals surface area contributed by atoms with Crippen molar-refractivity contribution in [1.82, 2.24) is 19.4 Å². The van der Waals surface area contributed by atoms with E-state index in [-0.39, 0.29) is 23.1 Å². The molecule has 24 heavy (non-hydrogen) atoms. The number of hydrogen-bond donors (Lipinski definition) is 1. The van der Waals surface area contributed by atoms with Crippen LogP contribution in [0, 0.1) is 6.92 Å². The van der Waals surface area contributed by atoms with Crippen LogP contribution in [0.25, 0.3) is 11.1 Å². The van der Waals surface area contributed by atoms with E-state index < -0.39 is 15.8 Å². The fourth-order valence-electron chi connectivity index (χ4n) is 2.29. The molecule has 0 aliphatic heterocycles. The van der Waals surface area contributed by atoms with E-state index in [1.54, 1.807) is 20.8 Å². The van der Waals surface area contributed by atoms with E-state index in [9.17, 15) is 13.2 Å². The molecule has 2 heterocycles. The van der Waals surface area contributed by atoms with Crippen LogP contribution in [0.15, 0.2) is 36.8 Å². The van der Waals surface area contributed by atoms with Crippen molar-refractivity contribution in [3.8, 4) is 0 Å². The zero-order valence-corrected chi connectivity index (χ0v) is 14.1. The summed E-state index contributed by atoms with van der Waals surface area (Å²) in [5.74, 6) is 0.0910. The van der Waals surface area contributed by atoms with Gasteiger partial charge in [-0.05, 0) is 26.0 Å². The molecule has 10 heteroatoms. The number of sulfonamides is 1. The minimum atomic E-state index is -3.67. The van der Waals surface area contributed by atoms with Crippen molar-refractivity contribution >= 4 is 21.1 Å². The standard InChI is InChI=1S/C14H16N4O5S/c1-8(2)17-24(20,21)10-4-5-11-12(6-10)22-14(19)18(11)7-13-15-9(3)23-16-13/h4-6,8,17H,7H2,1-3H3. The molecular weight excluding hydrogens is 336 g/mol. The molecule has 0 amide bonds. The summed E-state index contributed by atoms with van der Waals surface area (Å²) in [5, 5.41) is 3.73. The van der Waals surface area contributed by atoms with Crippen molar-refractivity contribution in [3.05, 3.63) is 40.5 Å². The van der Waals surface area contributed by atoms with Crippen molar-refractivity contribution in [3.63, 3.8) is 0 Å². The lowest BCUT2D eigenvalue weighted by atomic mass is 10.3. The third-order valence-corrected chi connectivity index (χ3v) is 4.87. The van der Waals surface area contributed by atoms with Gasteiger partial charge in [0.15, 0.2) is 11.4 Å². The van der Waals surface area contributed by atoms with Gasteiger partial charge in [0.05, 0.1) is 17.0 Å². The molecule has 3 rings (SSSR count). The lowest BCUT2D eigenvalue weighted by molar-refractivity contribution is 0.385. The Kier molecular flexibility index (Phi) is 4.01. The lowest BCUT2D eigenvalue weighted by Crippen LogP contribution is -2.30. The maximum atomic E-state index is 12.2. The van der Waals surface area contributed by atoms with Gasteiger partial charge in [-0.3, -0.25) is 4.57 Å². The van der Waals surface area contributed by atoms with Crippen LogP contribution in [-0.4, -0.2) is 29.2 Å². The van der Waals surface area contributed by atoms with E-state index in [0.717, 1.165) is 0 Å². The second-order valence-electron chi connectivity index (χ2n) is 5.59. The molecular formula is C14H16N4O5S. The first-order valence-electron chi connectivity index (χ1n) is 7.21. The van der Waals surface area contributed by atoms with E-state index in [4.69, 9.17) is 8.94 Å². The molecule has 0 unspecified atom stereocenters. The molecule has 3 aromatic rings. The van der Waals surface area contributed by atoms with E-state index in [0.29, 0.717) is 17.2 Å². The topological polar surface area (TPSA) is 120 Å². The quantitative estimate of drug-likeness (QED) is 0.728. The Bertz CT molecular complexity index is 1040. The Hall–Kier alpha value is -2.46. The molecule has 2 aromatic heterocycles. The number of aryl methyl sites for hydroxylation is 1. The second kappa shape index (κ2) is 5.87. The largest absolute Gasteiger partial charge is 0.420 e. The van der Waals surface area contributed by atoms with Crippen LogP contribution >= 0.6 is 0 Å². The van der Waals surface area contributed by atoms with E-state index in [1.807, 2.05) is 0 Å². The van der Waals surface area contributed by atoms with Gasteiger partial charge in [-0.25, -0.2) is 17.9 Å². The number of hydrogen-bond acceptors (Lipinski definition) is 7. The van der Waals surface area contributed by atoms with Gasteiger partial charge >= 0.3 is 5.76 Å². The number of aromatic nitrogens is 3. The number of rotatable bonds is 5. The SMILES string of the molecule is Cc1nc(Cn2c(=O)oc3cc(S(=O)(=O)NC(C)C)ccc32)no1. The number of oxazole rings is 1. The molecule has 0 fully saturated rings. The molecule has 0 spiro atoms. The molecule has 9 nitrogen and oxygen atoms in total. The average Bonchev–Trinajstić information content (AvgIpc) is 3.01. The highest BCUT2D eigenvalue weighted by molar-refractivity contribution is 7.89. The minimum Gasteiger partial charge on any atom is -0.408 e. The molecule has 0 saturated carbocycles. The van der Waals surface area contributed by atoms with Gasteiger partial charge in [0, 0.05) is 19.0 Å². The Balaban J connectivity index is 2.03. The lowest BCUT2D eigenvalue weighted by Gasteiger charge is -2.09. The molecule has 0 saturated heterocycles. The van der Waals surface area contributed by atoms with Crippen molar-refractivity contribution in [1.29, 1.82) is 0 Å². The van der Waals surface area contributed by atoms with Gasteiger partial charge in [-0.15, -0.1) is 0 Å². The summed E-state index contributed by atoms with van der Waals surface area (Å²) in [6, 6.07) is 4.00. The van der Waals surface area contributed by atoms with E-state index in [2.05, 4.69) is 14.9 Å². The molecule has 128 valence electrons. The summed E-state index contributed by atoms with van der Waals surface area (Å²) in [7, 11) is -3.67. The summed E-state index contributed by atoms with van der Waals surface area (Å²) in [6.07, 6.45) is 0. The maximum Gasteiger partial charge on any atom is 0.420 e. The first-order valence-corrected chi connectivity index (χ1v) is 8.69. The first-order chi connectivity index (χ1) is 11.3. The smallest absolute Gasteiger partial charge is 0.408 e. The number of nitrogens with one attached hydrogen (secondary N) is 1. The third-order valence-electron chi connectivity index (χ3n) is 3.21. The van der Waals surface area contributed by atoms with Crippen LogP contribution in [0.3, 0.4) is 0 Å². The van der Waals surface area contributed by atoms with Crippen molar-refractivity contribution < 1.29 is 17.4 Å². The predicted octanol–water partition coefficient (Wildman–Crippen LogP) is 1.02. The first kappa shape index (κ1) is 16.4. The summed E-state index contributed by atoms with van der Waals surface area (Å²) < 4.78 is 38.2. The molecule has 1 N–H and O–H groups in total. The summed E-state index contributed by atoms with van der Waals surface area (Å²) >= 11 is 0. The zero-order valence-electron chi connectivity index (χ0n) is 13.3. The fourth-order valence-corrected chi connectivity index (χ4v) is 3.55. The average molecular weight is 352 g/mol. The van der Waals surface area contributed by atoms with Crippen LogP contribution in [0.5, 0.6) is 0 Å². The molecule has 0 atom stereocenters. The number of benzene rings is 1. The molecule has 0 radical (unpaired) electrons. The molecule has 1 aromatic carbocycles. The van der Waals surface area contributed by atoms with Gasteiger partial charge in [0.25, 0.3) is 0 Å². The van der Waals surface area contributed by atoms with E-state index >= 15 is 0 Å². The Morgan fingerprint density at radius 3 is 2.71 bits per heavy atom. The van der Waals surface area contributed by atoms with Crippen LogP contribution in [-0.2, 0) is 16.6 Å². The molecule has 0 bridgehead atoms. The molecule has 0 aliphatic carbocycles. The summed E-state index contributed by atoms with van der Waals surface area (Å²) in [5.41, 5.74) is 0.623. The number of fused-ring (bicyclic) bond motifs is 1. The Morgan fingerprint density at radius 2 is 2.08 bits per heavy atom. The zero-order chi connectivity index (χ0) is 17.5. The maximum absolute atomic E-state index is 12.2. The highest BCUT2D eigenvalue weighted by Gasteiger charge is 2.19. The highest BCUT2D eigenvalue weighted by atomic mass is 32.2. The normalized spacial score (nSPS) is 12.3.